The van der Waals surface area contributed by atoms with Gasteiger partial charge in [-0.25, -0.2) is 0 Å². The Hall–Kier alpha value is -1.85. The van der Waals surface area contributed by atoms with Gasteiger partial charge in [-0.1, -0.05) is 35.5 Å². The zero-order chi connectivity index (χ0) is 15.2. The number of hydrogen-bond acceptors (Lipinski definition) is 5. The first kappa shape index (κ1) is 15.1. The van der Waals surface area contributed by atoms with Crippen LogP contribution in [0.1, 0.15) is 6.42 Å². The van der Waals surface area contributed by atoms with E-state index in [9.17, 15) is 0 Å². The number of hydrogen-bond donors (Lipinski definition) is 1. The van der Waals surface area contributed by atoms with Crippen LogP contribution in [0.5, 0.6) is 0 Å². The zero-order valence-electron chi connectivity index (χ0n) is 13.2. The topological polar surface area (TPSA) is 44.5 Å². The summed E-state index contributed by atoms with van der Waals surface area (Å²) in [6, 6.07) is 12.1. The third-order valence-corrected chi connectivity index (χ3v) is 4.13. The third kappa shape index (κ3) is 4.08. The van der Waals surface area contributed by atoms with Crippen LogP contribution in [0.4, 0.5) is 5.88 Å². The molecule has 5 nitrogen and oxygen atoms in total. The lowest BCUT2D eigenvalue weighted by Crippen LogP contribution is -2.44. The van der Waals surface area contributed by atoms with Gasteiger partial charge in [-0.05, 0) is 20.0 Å². The Labute approximate surface area is 131 Å². The maximum atomic E-state index is 5.34. The molecule has 0 unspecified atom stereocenters. The van der Waals surface area contributed by atoms with E-state index in [0.717, 1.165) is 36.7 Å². The second kappa shape index (κ2) is 7.42. The van der Waals surface area contributed by atoms with Gasteiger partial charge in [-0.15, -0.1) is 0 Å². The van der Waals surface area contributed by atoms with Crippen LogP contribution in [-0.2, 0) is 0 Å². The fourth-order valence-electron chi connectivity index (χ4n) is 2.69. The molecule has 0 spiro atoms. The molecule has 2 heterocycles. The summed E-state index contributed by atoms with van der Waals surface area (Å²) in [5, 5.41) is 7.43. The summed E-state index contributed by atoms with van der Waals surface area (Å²) < 4.78 is 5.34. The third-order valence-electron chi connectivity index (χ3n) is 4.13. The molecule has 2 aromatic rings. The second-order valence-corrected chi connectivity index (χ2v) is 5.87. The first-order valence-electron chi connectivity index (χ1n) is 7.98. The molecule has 0 radical (unpaired) electrons. The van der Waals surface area contributed by atoms with E-state index in [0.29, 0.717) is 0 Å². The van der Waals surface area contributed by atoms with Gasteiger partial charge in [-0.3, -0.25) is 0 Å². The largest absolute Gasteiger partial charge is 0.354 e. The zero-order valence-corrected chi connectivity index (χ0v) is 13.2. The van der Waals surface area contributed by atoms with Gasteiger partial charge >= 0.3 is 0 Å². The summed E-state index contributed by atoms with van der Waals surface area (Å²) in [5.41, 5.74) is 1.96. The Morgan fingerprint density at radius 3 is 2.68 bits per heavy atom. The van der Waals surface area contributed by atoms with E-state index in [2.05, 4.69) is 27.3 Å². The highest BCUT2D eigenvalue weighted by molar-refractivity contribution is 5.61. The van der Waals surface area contributed by atoms with Crippen molar-refractivity contribution in [1.29, 1.82) is 0 Å². The van der Waals surface area contributed by atoms with Crippen LogP contribution in [0.2, 0.25) is 0 Å². The number of benzene rings is 1. The Balaban J connectivity index is 1.40. The average molecular weight is 300 g/mol. The minimum Gasteiger partial charge on any atom is -0.354 e. The molecule has 0 atom stereocenters. The SMILES string of the molecule is CN1CCN(CCCNc2cc(-c3ccccc3)no2)CC1. The van der Waals surface area contributed by atoms with E-state index in [1.54, 1.807) is 0 Å². The van der Waals surface area contributed by atoms with Gasteiger partial charge < -0.3 is 19.6 Å². The summed E-state index contributed by atoms with van der Waals surface area (Å²) in [6.45, 7) is 6.76. The highest BCUT2D eigenvalue weighted by Crippen LogP contribution is 2.21. The first-order chi connectivity index (χ1) is 10.8. The first-order valence-corrected chi connectivity index (χ1v) is 7.98. The maximum Gasteiger partial charge on any atom is 0.225 e. The number of piperazine rings is 1. The molecule has 1 aromatic heterocycles. The van der Waals surface area contributed by atoms with Crippen molar-refractivity contribution in [2.75, 3.05) is 51.6 Å². The van der Waals surface area contributed by atoms with E-state index < -0.39 is 0 Å². The van der Waals surface area contributed by atoms with Gasteiger partial charge in [0.05, 0.1) is 0 Å². The number of rotatable bonds is 6. The van der Waals surface area contributed by atoms with Crippen molar-refractivity contribution in [3.05, 3.63) is 36.4 Å². The molecule has 0 bridgehead atoms. The number of anilines is 1. The maximum absolute atomic E-state index is 5.34. The van der Waals surface area contributed by atoms with E-state index in [1.165, 1.54) is 26.2 Å². The van der Waals surface area contributed by atoms with Gasteiger partial charge in [0.25, 0.3) is 0 Å². The van der Waals surface area contributed by atoms with E-state index >= 15 is 0 Å². The molecule has 22 heavy (non-hydrogen) atoms. The van der Waals surface area contributed by atoms with E-state index in [1.807, 2.05) is 36.4 Å². The molecular formula is C17H24N4O. The van der Waals surface area contributed by atoms with E-state index in [4.69, 9.17) is 4.52 Å². The number of nitrogens with one attached hydrogen (secondary N) is 1. The van der Waals surface area contributed by atoms with Gasteiger partial charge in [0, 0.05) is 44.4 Å². The Morgan fingerprint density at radius 2 is 1.91 bits per heavy atom. The number of likely N-dealkylation sites (N-methyl/N-ethyl adjacent to an activating group) is 1. The van der Waals surface area contributed by atoms with Gasteiger partial charge in [0.2, 0.25) is 5.88 Å². The highest BCUT2D eigenvalue weighted by atomic mass is 16.5. The van der Waals surface area contributed by atoms with Crippen LogP contribution >= 0.6 is 0 Å². The summed E-state index contributed by atoms with van der Waals surface area (Å²) in [6.07, 6.45) is 1.12. The molecule has 0 aliphatic carbocycles. The molecule has 118 valence electrons. The second-order valence-electron chi connectivity index (χ2n) is 5.87. The van der Waals surface area contributed by atoms with Crippen LogP contribution in [-0.4, -0.2) is 61.3 Å². The summed E-state index contributed by atoms with van der Waals surface area (Å²) >= 11 is 0. The van der Waals surface area contributed by atoms with Crippen molar-refractivity contribution in [3.63, 3.8) is 0 Å². The molecule has 1 fully saturated rings. The summed E-state index contributed by atoms with van der Waals surface area (Å²) in [7, 11) is 2.19. The molecule has 1 aliphatic heterocycles. The van der Waals surface area contributed by atoms with Crippen LogP contribution in [0, 0.1) is 0 Å². The smallest absolute Gasteiger partial charge is 0.225 e. The van der Waals surface area contributed by atoms with Crippen LogP contribution in [0.25, 0.3) is 11.3 Å². The molecule has 1 aromatic carbocycles. The normalized spacial score (nSPS) is 16.8. The lowest BCUT2D eigenvalue weighted by atomic mass is 10.2. The highest BCUT2D eigenvalue weighted by Gasteiger charge is 2.12. The van der Waals surface area contributed by atoms with Gasteiger partial charge in [0.1, 0.15) is 5.69 Å². The molecular weight excluding hydrogens is 276 g/mol. The minimum absolute atomic E-state index is 0.747. The lowest BCUT2D eigenvalue weighted by molar-refractivity contribution is 0.154. The average Bonchev–Trinajstić information content (AvgIpc) is 3.03. The Bertz CT molecular complexity index is 561. The molecule has 1 aliphatic rings. The summed E-state index contributed by atoms with van der Waals surface area (Å²) in [5.74, 6) is 0.747. The molecule has 1 saturated heterocycles. The molecule has 5 heteroatoms. The Kier molecular flexibility index (Phi) is 5.08. The van der Waals surface area contributed by atoms with Crippen molar-refractivity contribution in [2.24, 2.45) is 0 Å². The fraction of sp³-hybridized carbons (Fsp3) is 0.471. The summed E-state index contributed by atoms with van der Waals surface area (Å²) in [4.78, 5) is 4.91. The lowest BCUT2D eigenvalue weighted by Gasteiger charge is -2.32. The van der Waals surface area contributed by atoms with Crippen LogP contribution in [0.15, 0.2) is 40.9 Å². The molecule has 0 amide bonds. The Morgan fingerprint density at radius 1 is 1.14 bits per heavy atom. The van der Waals surface area contributed by atoms with Crippen molar-refractivity contribution < 1.29 is 4.52 Å². The monoisotopic (exact) mass is 300 g/mol. The van der Waals surface area contributed by atoms with Gasteiger partial charge in [-0.2, -0.15) is 0 Å². The quantitative estimate of drug-likeness (QED) is 0.830. The molecule has 3 rings (SSSR count). The predicted molar refractivity (Wildman–Crippen MR) is 89.0 cm³/mol. The van der Waals surface area contributed by atoms with Crippen LogP contribution < -0.4 is 5.32 Å². The molecule has 1 N–H and O–H groups in total. The van der Waals surface area contributed by atoms with Crippen molar-refractivity contribution in [1.82, 2.24) is 15.0 Å². The number of aromatic nitrogens is 1. The standard InChI is InChI=1S/C17H24N4O/c1-20-10-12-21(13-11-20)9-5-8-18-17-14-16(19-22-17)15-6-3-2-4-7-15/h2-4,6-7,14,18H,5,8-13H2,1H3. The van der Waals surface area contributed by atoms with E-state index in [-0.39, 0.29) is 0 Å². The van der Waals surface area contributed by atoms with Crippen molar-refractivity contribution >= 4 is 5.88 Å². The minimum atomic E-state index is 0.747. The fourth-order valence-corrected chi connectivity index (χ4v) is 2.69. The van der Waals surface area contributed by atoms with Gasteiger partial charge in [0.15, 0.2) is 0 Å². The predicted octanol–water partition coefficient (Wildman–Crippen LogP) is 2.39. The molecule has 0 saturated carbocycles. The van der Waals surface area contributed by atoms with Crippen molar-refractivity contribution in [2.45, 2.75) is 6.42 Å². The number of nitrogens with zero attached hydrogens (tertiary/aromatic N) is 3. The van der Waals surface area contributed by atoms with Crippen LogP contribution in [0.3, 0.4) is 0 Å². The van der Waals surface area contributed by atoms with Crippen molar-refractivity contribution in [3.8, 4) is 11.3 Å².